The van der Waals surface area contributed by atoms with Crippen molar-refractivity contribution in [1.82, 2.24) is 0 Å². The Bertz CT molecular complexity index is 406. The first-order chi connectivity index (χ1) is 8.06. The van der Waals surface area contributed by atoms with Crippen molar-refractivity contribution in [3.8, 4) is 5.75 Å². The molecule has 94 valence electrons. The zero-order valence-electron chi connectivity index (χ0n) is 9.26. The Labute approximate surface area is 120 Å². The van der Waals surface area contributed by atoms with Gasteiger partial charge in [0.2, 0.25) is 0 Å². The van der Waals surface area contributed by atoms with Crippen LogP contribution in [0.5, 0.6) is 5.75 Å². The standard InChI is InChI=1S/C12H14BrCl2NO/c13-9-5-11(15)12(6-10(9)14)17-8-3-1-7(16)2-4-8/h5-8H,1-4,16H2. The molecule has 1 saturated carbocycles. The van der Waals surface area contributed by atoms with Gasteiger partial charge in [0, 0.05) is 16.6 Å². The van der Waals surface area contributed by atoms with E-state index in [1.807, 2.05) is 0 Å². The SMILES string of the molecule is NC1CCC(Oc2cc(Cl)c(Br)cc2Cl)CC1. The Morgan fingerprint density at radius 2 is 1.76 bits per heavy atom. The van der Waals surface area contributed by atoms with Crippen LogP contribution in [0.25, 0.3) is 0 Å². The minimum atomic E-state index is 0.199. The lowest BCUT2D eigenvalue weighted by atomic mass is 9.94. The molecule has 0 spiro atoms. The maximum atomic E-state index is 6.11. The van der Waals surface area contributed by atoms with Crippen molar-refractivity contribution in [2.75, 3.05) is 0 Å². The van der Waals surface area contributed by atoms with Gasteiger partial charge in [0.05, 0.1) is 16.1 Å². The number of nitrogens with two attached hydrogens (primary N) is 1. The van der Waals surface area contributed by atoms with Gasteiger partial charge < -0.3 is 10.5 Å². The minimum absolute atomic E-state index is 0.199. The van der Waals surface area contributed by atoms with Crippen molar-refractivity contribution in [2.45, 2.75) is 37.8 Å². The summed E-state index contributed by atoms with van der Waals surface area (Å²) in [6.07, 6.45) is 4.17. The second kappa shape index (κ2) is 5.79. The van der Waals surface area contributed by atoms with E-state index in [0.29, 0.717) is 21.8 Å². The molecule has 0 heterocycles. The molecule has 2 nitrogen and oxygen atoms in total. The number of hydrogen-bond acceptors (Lipinski definition) is 2. The normalized spacial score (nSPS) is 24.7. The van der Waals surface area contributed by atoms with E-state index in [2.05, 4.69) is 15.9 Å². The molecule has 0 bridgehead atoms. The molecular formula is C12H14BrCl2NO. The highest BCUT2D eigenvalue weighted by molar-refractivity contribution is 9.10. The Morgan fingerprint density at radius 1 is 1.12 bits per heavy atom. The van der Waals surface area contributed by atoms with E-state index >= 15 is 0 Å². The molecule has 1 aromatic rings. The molecule has 17 heavy (non-hydrogen) atoms. The van der Waals surface area contributed by atoms with E-state index in [0.717, 1.165) is 30.2 Å². The monoisotopic (exact) mass is 337 g/mol. The van der Waals surface area contributed by atoms with Crippen molar-refractivity contribution in [2.24, 2.45) is 5.73 Å². The molecule has 1 fully saturated rings. The number of rotatable bonds is 2. The molecule has 1 aliphatic carbocycles. The molecule has 0 aromatic heterocycles. The Hall–Kier alpha value is 0.0400. The maximum absolute atomic E-state index is 6.11. The summed E-state index contributed by atoms with van der Waals surface area (Å²) in [4.78, 5) is 0. The summed E-state index contributed by atoms with van der Waals surface area (Å²) in [5.41, 5.74) is 5.86. The molecule has 1 aliphatic rings. The lowest BCUT2D eigenvalue weighted by molar-refractivity contribution is 0.147. The third-order valence-electron chi connectivity index (χ3n) is 2.99. The summed E-state index contributed by atoms with van der Waals surface area (Å²) in [7, 11) is 0. The summed E-state index contributed by atoms with van der Waals surface area (Å²) >= 11 is 15.5. The topological polar surface area (TPSA) is 35.2 Å². The second-order valence-electron chi connectivity index (χ2n) is 4.35. The van der Waals surface area contributed by atoms with Gasteiger partial charge in [0.25, 0.3) is 0 Å². The quantitative estimate of drug-likeness (QED) is 0.811. The van der Waals surface area contributed by atoms with Crippen LogP contribution in [0.3, 0.4) is 0 Å². The first kappa shape index (κ1) is 13.5. The molecule has 0 amide bonds. The van der Waals surface area contributed by atoms with Crippen LogP contribution in [0.1, 0.15) is 25.7 Å². The molecule has 0 saturated heterocycles. The lowest BCUT2D eigenvalue weighted by Crippen LogP contribution is -2.31. The summed E-state index contributed by atoms with van der Waals surface area (Å²) in [5, 5.41) is 1.19. The van der Waals surface area contributed by atoms with Gasteiger partial charge in [0.1, 0.15) is 5.75 Å². The average molecular weight is 339 g/mol. The molecule has 0 radical (unpaired) electrons. The van der Waals surface area contributed by atoms with Crippen molar-refractivity contribution in [3.63, 3.8) is 0 Å². The van der Waals surface area contributed by atoms with Crippen LogP contribution in [0.4, 0.5) is 0 Å². The lowest BCUT2D eigenvalue weighted by Gasteiger charge is -2.27. The predicted octanol–water partition coefficient (Wildman–Crippen LogP) is 4.40. The van der Waals surface area contributed by atoms with E-state index in [1.54, 1.807) is 12.1 Å². The smallest absolute Gasteiger partial charge is 0.139 e. The van der Waals surface area contributed by atoms with Gasteiger partial charge in [-0.2, -0.15) is 0 Å². The van der Waals surface area contributed by atoms with Gasteiger partial charge in [0.15, 0.2) is 0 Å². The summed E-state index contributed by atoms with van der Waals surface area (Å²) < 4.78 is 6.66. The molecule has 2 N–H and O–H groups in total. The first-order valence-corrected chi connectivity index (χ1v) is 7.18. The average Bonchev–Trinajstić information content (AvgIpc) is 2.29. The van der Waals surface area contributed by atoms with Crippen molar-refractivity contribution >= 4 is 39.1 Å². The van der Waals surface area contributed by atoms with Crippen LogP contribution >= 0.6 is 39.1 Å². The molecule has 5 heteroatoms. The molecule has 2 rings (SSSR count). The van der Waals surface area contributed by atoms with Crippen LogP contribution < -0.4 is 10.5 Å². The third-order valence-corrected chi connectivity index (χ3v) is 4.48. The highest BCUT2D eigenvalue weighted by Crippen LogP contribution is 2.35. The molecule has 0 unspecified atom stereocenters. The van der Waals surface area contributed by atoms with Gasteiger partial charge in [-0.3, -0.25) is 0 Å². The molecule has 0 aliphatic heterocycles. The second-order valence-corrected chi connectivity index (χ2v) is 6.02. The third kappa shape index (κ3) is 3.50. The van der Waals surface area contributed by atoms with Gasteiger partial charge in [-0.1, -0.05) is 23.2 Å². The van der Waals surface area contributed by atoms with E-state index in [-0.39, 0.29) is 6.10 Å². The molecule has 1 aromatic carbocycles. The van der Waals surface area contributed by atoms with Crippen molar-refractivity contribution < 1.29 is 4.74 Å². The van der Waals surface area contributed by atoms with E-state index in [4.69, 9.17) is 33.7 Å². The predicted molar refractivity (Wildman–Crippen MR) is 75.0 cm³/mol. The first-order valence-electron chi connectivity index (χ1n) is 5.63. The number of halogens is 3. The van der Waals surface area contributed by atoms with Gasteiger partial charge in [-0.25, -0.2) is 0 Å². The van der Waals surface area contributed by atoms with Crippen LogP contribution in [0.15, 0.2) is 16.6 Å². The molecular weight excluding hydrogens is 325 g/mol. The van der Waals surface area contributed by atoms with E-state index in [1.165, 1.54) is 0 Å². The zero-order chi connectivity index (χ0) is 12.4. The van der Waals surface area contributed by atoms with Crippen LogP contribution in [-0.2, 0) is 0 Å². The van der Waals surface area contributed by atoms with Gasteiger partial charge in [-0.05, 0) is 47.7 Å². The van der Waals surface area contributed by atoms with E-state index < -0.39 is 0 Å². The fraction of sp³-hybridized carbons (Fsp3) is 0.500. The summed E-state index contributed by atoms with van der Waals surface area (Å²) in [5.74, 6) is 0.653. The number of ether oxygens (including phenoxy) is 1. The Balaban J connectivity index is 2.06. The highest BCUT2D eigenvalue weighted by Gasteiger charge is 2.21. The van der Waals surface area contributed by atoms with Crippen LogP contribution in [-0.4, -0.2) is 12.1 Å². The Kier molecular flexibility index (Phi) is 4.59. The van der Waals surface area contributed by atoms with Gasteiger partial charge >= 0.3 is 0 Å². The van der Waals surface area contributed by atoms with E-state index in [9.17, 15) is 0 Å². The fourth-order valence-corrected chi connectivity index (χ4v) is 2.82. The van der Waals surface area contributed by atoms with Crippen LogP contribution in [0, 0.1) is 0 Å². The van der Waals surface area contributed by atoms with Crippen molar-refractivity contribution in [3.05, 3.63) is 26.7 Å². The van der Waals surface area contributed by atoms with Crippen LogP contribution in [0.2, 0.25) is 10.0 Å². The minimum Gasteiger partial charge on any atom is -0.489 e. The summed E-state index contributed by atoms with van der Waals surface area (Å²) in [6.45, 7) is 0. The summed E-state index contributed by atoms with van der Waals surface area (Å²) in [6, 6.07) is 3.83. The number of hydrogen-bond donors (Lipinski definition) is 1. The van der Waals surface area contributed by atoms with Crippen molar-refractivity contribution in [1.29, 1.82) is 0 Å². The zero-order valence-corrected chi connectivity index (χ0v) is 12.4. The van der Waals surface area contributed by atoms with Gasteiger partial charge in [-0.15, -0.1) is 0 Å². The maximum Gasteiger partial charge on any atom is 0.139 e. The fourth-order valence-electron chi connectivity index (χ4n) is 1.98. The Morgan fingerprint density at radius 3 is 2.41 bits per heavy atom. The molecule has 0 atom stereocenters. The number of benzene rings is 1. The largest absolute Gasteiger partial charge is 0.489 e. The highest BCUT2D eigenvalue weighted by atomic mass is 79.9.